The van der Waals surface area contributed by atoms with Crippen molar-refractivity contribution in [2.24, 2.45) is 5.73 Å². The molecule has 1 aromatic carbocycles. The number of hydrogen-bond acceptors (Lipinski definition) is 8. The summed E-state index contributed by atoms with van der Waals surface area (Å²) in [6, 6.07) is 9.10. The Hall–Kier alpha value is -1.49. The van der Waals surface area contributed by atoms with Gasteiger partial charge in [0.2, 0.25) is 0 Å². The van der Waals surface area contributed by atoms with E-state index >= 15 is 0 Å². The Balaban J connectivity index is 1.78. The first kappa shape index (κ1) is 26.8. The second kappa shape index (κ2) is 13.9. The van der Waals surface area contributed by atoms with E-state index in [0.29, 0.717) is 33.0 Å². The van der Waals surface area contributed by atoms with Crippen LogP contribution in [-0.2, 0) is 20.7 Å². The molecule has 9 heteroatoms. The Morgan fingerprint density at radius 3 is 2.50 bits per heavy atom. The molecule has 0 radical (unpaired) electrons. The molecule has 32 heavy (non-hydrogen) atoms. The number of carbonyl (C=O) groups excluding carboxylic acids is 1. The summed E-state index contributed by atoms with van der Waals surface area (Å²) in [5.74, 6) is -0.694. The highest BCUT2D eigenvalue weighted by Gasteiger charge is 2.43. The third kappa shape index (κ3) is 8.81. The van der Waals surface area contributed by atoms with Gasteiger partial charge in [-0.05, 0) is 37.2 Å². The van der Waals surface area contributed by atoms with Gasteiger partial charge in [0.1, 0.15) is 31.0 Å². The smallest absolute Gasteiger partial charge is 0.306 e. The maximum Gasteiger partial charge on any atom is 0.306 e. The summed E-state index contributed by atoms with van der Waals surface area (Å²) >= 11 is 0. The van der Waals surface area contributed by atoms with Crippen LogP contribution in [0.15, 0.2) is 30.3 Å². The van der Waals surface area contributed by atoms with Gasteiger partial charge in [0, 0.05) is 12.4 Å². The van der Waals surface area contributed by atoms with Crippen LogP contribution in [0.5, 0.6) is 0 Å². The molecule has 1 saturated heterocycles. The lowest BCUT2D eigenvalue weighted by Crippen LogP contribution is -2.59. The van der Waals surface area contributed by atoms with Crippen molar-refractivity contribution in [1.82, 2.24) is 0 Å². The summed E-state index contributed by atoms with van der Waals surface area (Å²) in [5.41, 5.74) is 7.13. The number of carbonyl (C=O) groups is 1. The Labute approximate surface area is 191 Å². The molecule has 6 N–H and O–H groups in total. The fraction of sp³-hybridized carbons (Fsp3) is 0.696. The van der Waals surface area contributed by atoms with Gasteiger partial charge in [-0.25, -0.2) is 0 Å². The van der Waals surface area contributed by atoms with Crippen LogP contribution < -0.4 is 5.73 Å². The van der Waals surface area contributed by atoms with Crippen molar-refractivity contribution in [2.45, 2.75) is 94.3 Å². The first-order chi connectivity index (χ1) is 15.3. The zero-order chi connectivity index (χ0) is 23.5. The van der Waals surface area contributed by atoms with Crippen LogP contribution in [-0.4, -0.2) is 82.7 Å². The molecule has 8 nitrogen and oxygen atoms in total. The van der Waals surface area contributed by atoms with Crippen molar-refractivity contribution in [3.63, 3.8) is 0 Å². The quantitative estimate of drug-likeness (QED) is 0.209. The molecule has 7 atom stereocenters. The van der Waals surface area contributed by atoms with E-state index in [4.69, 9.17) is 15.2 Å². The second-order valence-electron chi connectivity index (χ2n) is 8.72. The summed E-state index contributed by atoms with van der Waals surface area (Å²) in [6.07, 6.45) is -1.52. The molecular weight excluding hydrogens is 413 g/mol. The van der Waals surface area contributed by atoms with Gasteiger partial charge >= 0.3 is 5.97 Å². The molecule has 0 spiro atoms. The average molecular weight is 451 g/mol. The van der Waals surface area contributed by atoms with Crippen molar-refractivity contribution < 1.29 is 34.7 Å². The molecule has 1 aliphatic rings. The monoisotopic (exact) mass is 451 g/mol. The molecule has 1 aromatic rings. The lowest BCUT2D eigenvalue weighted by Gasteiger charge is -2.40. The minimum absolute atomic E-state index is 0.191. The number of benzene rings is 1. The number of esters is 1. The Kier molecular flexibility index (Phi) is 11.6. The van der Waals surface area contributed by atoms with Gasteiger partial charge in [-0.15, -0.1) is 0 Å². The Morgan fingerprint density at radius 1 is 1.12 bits per heavy atom. The Morgan fingerprint density at radius 2 is 1.81 bits per heavy atom. The summed E-state index contributed by atoms with van der Waals surface area (Å²) in [4.78, 5) is 12.1. The predicted octanol–water partition coefficient (Wildman–Crippen LogP) is 0.0226. The molecule has 0 saturated carbocycles. The summed E-state index contributed by atoms with van der Waals surface area (Å²) in [5, 5.41) is 40.8. The standard InChI is InChI=1S/C23H38BNO7/c1-2-3-9-19(26)24-18(25)12-11-16-21(28)23(30)22(29)17(32-16)14-31-20(27)13-10-15-7-5-4-6-8-15/h4-8,16-19,21-24,26,28-30H,2-3,9-14,25H2,1H3/t16-,17-,18+,19-,21+,22+,23-/m1/s1. The van der Waals surface area contributed by atoms with E-state index in [1.807, 2.05) is 30.3 Å². The molecule has 1 fully saturated rings. The van der Waals surface area contributed by atoms with Gasteiger partial charge in [0.15, 0.2) is 7.28 Å². The van der Waals surface area contributed by atoms with Gasteiger partial charge in [0.25, 0.3) is 0 Å². The topological polar surface area (TPSA) is 142 Å². The Bertz CT molecular complexity index is 665. The van der Waals surface area contributed by atoms with E-state index in [2.05, 4.69) is 6.92 Å². The fourth-order valence-electron chi connectivity index (χ4n) is 3.95. The van der Waals surface area contributed by atoms with Crippen LogP contribution in [0.1, 0.15) is 51.0 Å². The van der Waals surface area contributed by atoms with Gasteiger partial charge in [-0.2, -0.15) is 0 Å². The number of aliphatic hydroxyl groups excluding tert-OH is 4. The SMILES string of the molecule is CCCC[C@@H](O)B[C@@H](N)CC[C@H]1O[C@H](COC(=O)CCc2ccccc2)[C@H](O)[C@H](O)[C@H]1O. The van der Waals surface area contributed by atoms with E-state index in [-0.39, 0.29) is 19.0 Å². The predicted molar refractivity (Wildman–Crippen MR) is 122 cm³/mol. The molecule has 1 aliphatic heterocycles. The van der Waals surface area contributed by atoms with Crippen LogP contribution in [0.25, 0.3) is 0 Å². The molecule has 0 unspecified atom stereocenters. The third-order valence-corrected chi connectivity index (χ3v) is 5.97. The normalized spacial score (nSPS) is 27.5. The van der Waals surface area contributed by atoms with Crippen LogP contribution in [0.4, 0.5) is 0 Å². The van der Waals surface area contributed by atoms with Gasteiger partial charge in [-0.1, -0.05) is 50.1 Å². The first-order valence-corrected chi connectivity index (χ1v) is 11.6. The summed E-state index contributed by atoms with van der Waals surface area (Å²) in [6.45, 7) is 1.85. The van der Waals surface area contributed by atoms with E-state index in [1.54, 1.807) is 0 Å². The maximum absolute atomic E-state index is 12.1. The van der Waals surface area contributed by atoms with Crippen molar-refractivity contribution in [3.05, 3.63) is 35.9 Å². The molecule has 0 bridgehead atoms. The van der Waals surface area contributed by atoms with E-state index in [0.717, 1.165) is 18.4 Å². The van der Waals surface area contributed by atoms with Crippen molar-refractivity contribution >= 4 is 13.2 Å². The lowest BCUT2D eigenvalue weighted by atomic mass is 9.61. The van der Waals surface area contributed by atoms with Gasteiger partial charge < -0.3 is 35.6 Å². The van der Waals surface area contributed by atoms with Crippen molar-refractivity contribution in [3.8, 4) is 0 Å². The molecule has 0 aliphatic carbocycles. The molecule has 180 valence electrons. The molecule has 2 rings (SSSR count). The van der Waals surface area contributed by atoms with E-state index in [1.165, 1.54) is 0 Å². The van der Waals surface area contributed by atoms with E-state index in [9.17, 15) is 25.2 Å². The maximum atomic E-state index is 12.1. The second-order valence-corrected chi connectivity index (χ2v) is 8.72. The molecular formula is C23H38BNO7. The van der Waals surface area contributed by atoms with Crippen molar-refractivity contribution in [2.75, 3.05) is 6.61 Å². The van der Waals surface area contributed by atoms with Gasteiger partial charge in [0.05, 0.1) is 6.10 Å². The average Bonchev–Trinajstić information content (AvgIpc) is 2.79. The number of unbranched alkanes of at least 4 members (excludes halogenated alkanes) is 1. The fourth-order valence-corrected chi connectivity index (χ4v) is 3.95. The summed E-state index contributed by atoms with van der Waals surface area (Å²) < 4.78 is 11.0. The number of aliphatic hydroxyl groups is 4. The van der Waals surface area contributed by atoms with Crippen LogP contribution in [0.3, 0.4) is 0 Å². The largest absolute Gasteiger partial charge is 0.463 e. The lowest BCUT2D eigenvalue weighted by molar-refractivity contribution is -0.233. The third-order valence-electron chi connectivity index (χ3n) is 5.97. The number of nitrogens with two attached hydrogens (primary N) is 1. The summed E-state index contributed by atoms with van der Waals surface area (Å²) in [7, 11) is 0.455. The minimum Gasteiger partial charge on any atom is -0.463 e. The molecule has 0 aromatic heterocycles. The minimum atomic E-state index is -1.41. The first-order valence-electron chi connectivity index (χ1n) is 11.6. The zero-order valence-electron chi connectivity index (χ0n) is 18.9. The highest BCUT2D eigenvalue weighted by molar-refractivity contribution is 6.39. The number of ether oxygens (including phenoxy) is 2. The highest BCUT2D eigenvalue weighted by atomic mass is 16.6. The van der Waals surface area contributed by atoms with Crippen molar-refractivity contribution in [1.29, 1.82) is 0 Å². The number of hydrogen-bond donors (Lipinski definition) is 5. The van der Waals surface area contributed by atoms with Crippen LogP contribution in [0, 0.1) is 0 Å². The van der Waals surface area contributed by atoms with Gasteiger partial charge in [-0.3, -0.25) is 4.79 Å². The highest BCUT2D eigenvalue weighted by Crippen LogP contribution is 2.25. The molecule has 1 heterocycles. The molecule has 0 amide bonds. The van der Waals surface area contributed by atoms with E-state index < -0.39 is 42.5 Å². The number of rotatable bonds is 13. The van der Waals surface area contributed by atoms with Crippen LogP contribution in [0.2, 0.25) is 0 Å². The zero-order valence-corrected chi connectivity index (χ0v) is 18.9. The number of aryl methyl sites for hydroxylation is 1. The van der Waals surface area contributed by atoms with Crippen LogP contribution >= 0.6 is 0 Å².